The van der Waals surface area contributed by atoms with Crippen molar-refractivity contribution in [2.75, 3.05) is 7.11 Å². The van der Waals surface area contributed by atoms with E-state index in [1.807, 2.05) is 37.4 Å². The summed E-state index contributed by atoms with van der Waals surface area (Å²) in [5.74, 6) is 0.887. The van der Waals surface area contributed by atoms with Crippen molar-refractivity contribution >= 4 is 10.9 Å². The van der Waals surface area contributed by atoms with Gasteiger partial charge in [0.05, 0.1) is 12.6 Å². The second kappa shape index (κ2) is 3.05. The van der Waals surface area contributed by atoms with Crippen molar-refractivity contribution in [3.63, 3.8) is 0 Å². The number of ether oxygens (including phenoxy) is 1. The van der Waals surface area contributed by atoms with Crippen LogP contribution in [0, 0.1) is 6.92 Å². The molecule has 2 nitrogen and oxygen atoms in total. The van der Waals surface area contributed by atoms with Gasteiger partial charge in [0.1, 0.15) is 5.75 Å². The number of aryl methyl sites for hydroxylation is 1. The molecule has 0 amide bonds. The molecule has 0 unspecified atom stereocenters. The maximum absolute atomic E-state index is 5.18. The molecule has 0 aliphatic heterocycles. The molecule has 1 heterocycles. The van der Waals surface area contributed by atoms with Gasteiger partial charge in [-0.05, 0) is 30.7 Å². The molecular formula is C11H11NO. The van der Waals surface area contributed by atoms with Crippen molar-refractivity contribution in [3.8, 4) is 5.75 Å². The Bertz CT molecular complexity index is 437. The highest BCUT2D eigenvalue weighted by Crippen LogP contribution is 2.22. The lowest BCUT2D eigenvalue weighted by Crippen LogP contribution is -1.87. The lowest BCUT2D eigenvalue weighted by molar-refractivity contribution is 0.415. The van der Waals surface area contributed by atoms with Gasteiger partial charge in [-0.1, -0.05) is 6.07 Å². The number of benzene rings is 1. The van der Waals surface area contributed by atoms with E-state index >= 15 is 0 Å². The van der Waals surface area contributed by atoms with Crippen molar-refractivity contribution in [2.45, 2.75) is 6.92 Å². The fourth-order valence-corrected chi connectivity index (χ4v) is 1.46. The van der Waals surface area contributed by atoms with E-state index in [1.54, 1.807) is 7.11 Å². The molecule has 66 valence electrons. The molecule has 0 bridgehead atoms. The van der Waals surface area contributed by atoms with Crippen LogP contribution in [0.1, 0.15) is 5.56 Å². The summed E-state index contributed by atoms with van der Waals surface area (Å²) in [5.41, 5.74) is 2.19. The molecule has 0 atom stereocenters. The smallest absolute Gasteiger partial charge is 0.119 e. The van der Waals surface area contributed by atoms with E-state index in [4.69, 9.17) is 4.74 Å². The van der Waals surface area contributed by atoms with Crippen molar-refractivity contribution < 1.29 is 4.74 Å². The van der Waals surface area contributed by atoms with Crippen molar-refractivity contribution in [1.82, 2.24) is 4.98 Å². The van der Waals surface area contributed by atoms with Crippen LogP contribution >= 0.6 is 0 Å². The lowest BCUT2D eigenvalue weighted by atomic mass is 10.1. The summed E-state index contributed by atoms with van der Waals surface area (Å²) in [6.45, 7) is 2.04. The largest absolute Gasteiger partial charge is 0.497 e. The van der Waals surface area contributed by atoms with Gasteiger partial charge in [0.2, 0.25) is 0 Å². The Morgan fingerprint density at radius 1 is 1.31 bits per heavy atom. The van der Waals surface area contributed by atoms with Gasteiger partial charge in [0.25, 0.3) is 0 Å². The summed E-state index contributed by atoms with van der Waals surface area (Å²) < 4.78 is 5.18. The van der Waals surface area contributed by atoms with Gasteiger partial charge >= 0.3 is 0 Å². The van der Waals surface area contributed by atoms with Gasteiger partial charge in [-0.3, -0.25) is 4.98 Å². The van der Waals surface area contributed by atoms with E-state index in [0.29, 0.717) is 0 Å². The molecule has 2 aromatic rings. The van der Waals surface area contributed by atoms with Crippen LogP contribution in [0.25, 0.3) is 10.9 Å². The fourth-order valence-electron chi connectivity index (χ4n) is 1.46. The first kappa shape index (κ1) is 8.05. The van der Waals surface area contributed by atoms with Crippen LogP contribution in [0.4, 0.5) is 0 Å². The van der Waals surface area contributed by atoms with Crippen LogP contribution in [0.15, 0.2) is 30.5 Å². The minimum Gasteiger partial charge on any atom is -0.497 e. The summed E-state index contributed by atoms with van der Waals surface area (Å²) in [6, 6.07) is 7.96. The molecule has 0 radical (unpaired) electrons. The van der Waals surface area contributed by atoms with Crippen LogP contribution in [0.5, 0.6) is 5.75 Å². The molecule has 0 aliphatic rings. The highest BCUT2D eigenvalue weighted by Gasteiger charge is 2.00. The Kier molecular flexibility index (Phi) is 1.89. The molecule has 2 heteroatoms. The SMILES string of the molecule is COc1cc(C)c2ncccc2c1. The number of methoxy groups -OCH3 is 1. The zero-order valence-corrected chi connectivity index (χ0v) is 7.74. The van der Waals surface area contributed by atoms with Crippen LogP contribution < -0.4 is 4.74 Å². The van der Waals surface area contributed by atoms with Crippen LogP contribution in [-0.2, 0) is 0 Å². The van der Waals surface area contributed by atoms with Crippen LogP contribution in [0.2, 0.25) is 0 Å². The van der Waals surface area contributed by atoms with Crippen LogP contribution in [0.3, 0.4) is 0 Å². The molecule has 0 aliphatic carbocycles. The fraction of sp³-hybridized carbons (Fsp3) is 0.182. The second-order valence-electron chi connectivity index (χ2n) is 3.02. The maximum atomic E-state index is 5.18. The van der Waals surface area contributed by atoms with E-state index in [2.05, 4.69) is 4.98 Å². The quantitative estimate of drug-likeness (QED) is 0.661. The molecule has 1 aromatic heterocycles. The Morgan fingerprint density at radius 2 is 2.15 bits per heavy atom. The third kappa shape index (κ3) is 1.35. The Morgan fingerprint density at radius 3 is 2.92 bits per heavy atom. The number of nitrogens with zero attached hydrogens (tertiary/aromatic N) is 1. The molecule has 0 spiro atoms. The second-order valence-corrected chi connectivity index (χ2v) is 3.02. The van der Waals surface area contributed by atoms with Crippen molar-refractivity contribution in [2.24, 2.45) is 0 Å². The Balaban J connectivity index is 2.77. The Hall–Kier alpha value is -1.57. The van der Waals surface area contributed by atoms with E-state index < -0.39 is 0 Å². The Labute approximate surface area is 77.2 Å². The van der Waals surface area contributed by atoms with Gasteiger partial charge < -0.3 is 4.74 Å². The molecule has 0 saturated carbocycles. The number of rotatable bonds is 1. The maximum Gasteiger partial charge on any atom is 0.119 e. The molecule has 0 N–H and O–H groups in total. The average Bonchev–Trinajstić information content (AvgIpc) is 2.18. The first-order valence-corrected chi connectivity index (χ1v) is 4.20. The lowest BCUT2D eigenvalue weighted by Gasteiger charge is -2.04. The number of aromatic nitrogens is 1. The number of hydrogen-bond donors (Lipinski definition) is 0. The molecule has 0 fully saturated rings. The summed E-state index contributed by atoms with van der Waals surface area (Å²) in [7, 11) is 1.68. The molecule has 0 saturated heterocycles. The highest BCUT2D eigenvalue weighted by atomic mass is 16.5. The minimum atomic E-state index is 0.887. The third-order valence-electron chi connectivity index (χ3n) is 2.10. The molecule has 1 aromatic carbocycles. The van der Waals surface area contributed by atoms with E-state index in [0.717, 1.165) is 22.2 Å². The monoisotopic (exact) mass is 173 g/mol. The summed E-state index contributed by atoms with van der Waals surface area (Å²) >= 11 is 0. The average molecular weight is 173 g/mol. The van der Waals surface area contributed by atoms with Gasteiger partial charge in [-0.15, -0.1) is 0 Å². The van der Waals surface area contributed by atoms with Gasteiger partial charge in [0.15, 0.2) is 0 Å². The van der Waals surface area contributed by atoms with Crippen molar-refractivity contribution in [1.29, 1.82) is 0 Å². The summed E-state index contributed by atoms with van der Waals surface area (Å²) in [5, 5.41) is 1.12. The van der Waals surface area contributed by atoms with Gasteiger partial charge in [0, 0.05) is 11.6 Å². The summed E-state index contributed by atoms with van der Waals surface area (Å²) in [4.78, 5) is 4.30. The van der Waals surface area contributed by atoms with E-state index in [9.17, 15) is 0 Å². The molecular weight excluding hydrogens is 162 g/mol. The van der Waals surface area contributed by atoms with Gasteiger partial charge in [-0.2, -0.15) is 0 Å². The number of hydrogen-bond acceptors (Lipinski definition) is 2. The number of fused-ring (bicyclic) bond motifs is 1. The zero-order valence-electron chi connectivity index (χ0n) is 7.74. The summed E-state index contributed by atoms with van der Waals surface area (Å²) in [6.07, 6.45) is 1.81. The van der Waals surface area contributed by atoms with Crippen molar-refractivity contribution in [3.05, 3.63) is 36.0 Å². The minimum absolute atomic E-state index is 0.887. The third-order valence-corrected chi connectivity index (χ3v) is 2.10. The zero-order chi connectivity index (χ0) is 9.26. The van der Waals surface area contributed by atoms with E-state index in [-0.39, 0.29) is 0 Å². The van der Waals surface area contributed by atoms with E-state index in [1.165, 1.54) is 0 Å². The number of pyridine rings is 1. The molecule has 2 rings (SSSR count). The van der Waals surface area contributed by atoms with Gasteiger partial charge in [-0.25, -0.2) is 0 Å². The predicted octanol–water partition coefficient (Wildman–Crippen LogP) is 2.55. The standard InChI is InChI=1S/C11H11NO/c1-8-6-10(13-2)7-9-4-3-5-12-11(8)9/h3-7H,1-2H3. The highest BCUT2D eigenvalue weighted by molar-refractivity contribution is 5.83. The predicted molar refractivity (Wildman–Crippen MR) is 53.0 cm³/mol. The van der Waals surface area contributed by atoms with Crippen LogP contribution in [-0.4, -0.2) is 12.1 Å². The first-order chi connectivity index (χ1) is 6.31. The topological polar surface area (TPSA) is 22.1 Å². The molecule has 13 heavy (non-hydrogen) atoms. The normalized spacial score (nSPS) is 10.3. The first-order valence-electron chi connectivity index (χ1n) is 4.20.